The van der Waals surface area contributed by atoms with Gasteiger partial charge in [-0.05, 0) is 30.7 Å². The second-order valence-corrected chi connectivity index (χ2v) is 7.79. The van der Waals surface area contributed by atoms with Gasteiger partial charge in [0.05, 0.1) is 18.2 Å². The van der Waals surface area contributed by atoms with Crippen molar-refractivity contribution >= 4 is 29.1 Å². The largest absolute Gasteiger partial charge is 0.461 e. The van der Waals surface area contributed by atoms with Gasteiger partial charge in [0.15, 0.2) is 11.3 Å². The monoisotopic (exact) mass is 438 g/mol. The van der Waals surface area contributed by atoms with Gasteiger partial charge in [-0.1, -0.05) is 78.9 Å². The maximum Gasteiger partial charge on any atom is 0.355 e. The summed E-state index contributed by atoms with van der Waals surface area (Å²) < 4.78 is 11.2. The van der Waals surface area contributed by atoms with E-state index < -0.39 is 23.4 Å². The lowest BCUT2D eigenvalue weighted by atomic mass is 9.76. The fraction of sp³-hybridized carbons (Fsp3) is 0.148. The van der Waals surface area contributed by atoms with Gasteiger partial charge in [0.1, 0.15) is 5.76 Å². The summed E-state index contributed by atoms with van der Waals surface area (Å²) in [5, 5.41) is 6.27. The molecule has 0 saturated carbocycles. The van der Waals surface area contributed by atoms with E-state index >= 15 is 0 Å². The van der Waals surface area contributed by atoms with Crippen molar-refractivity contribution in [2.75, 3.05) is 11.6 Å². The summed E-state index contributed by atoms with van der Waals surface area (Å²) in [6, 6.07) is 28.1. The minimum atomic E-state index is -1.38. The van der Waals surface area contributed by atoms with Gasteiger partial charge in [-0.2, -0.15) is 5.10 Å². The third kappa shape index (κ3) is 3.40. The number of carbonyl (C=O) groups is 2. The van der Waals surface area contributed by atoms with Crippen molar-refractivity contribution in [2.45, 2.75) is 18.4 Å². The van der Waals surface area contributed by atoms with Crippen molar-refractivity contribution in [2.24, 2.45) is 5.10 Å². The van der Waals surface area contributed by atoms with Crippen LogP contribution in [0.1, 0.15) is 24.0 Å². The van der Waals surface area contributed by atoms with E-state index in [1.807, 2.05) is 91.0 Å². The predicted molar refractivity (Wildman–Crippen MR) is 125 cm³/mol. The molecule has 6 heteroatoms. The van der Waals surface area contributed by atoms with Gasteiger partial charge in [-0.15, -0.1) is 0 Å². The van der Waals surface area contributed by atoms with Crippen molar-refractivity contribution in [3.05, 3.63) is 108 Å². The Morgan fingerprint density at radius 2 is 1.58 bits per heavy atom. The predicted octanol–water partition coefficient (Wildman–Crippen LogP) is 4.55. The molecule has 1 spiro atoms. The summed E-state index contributed by atoms with van der Waals surface area (Å²) in [6.07, 6.45) is 1.78. The standard InChI is InChI=1S/C27H22N2O4/c1-2-32-25(30)24-23(20-14-8-4-9-15-20)27(29(28-24)21-16-10-5-11-17-21)18-22(33-26(27)31)19-12-6-3-7-13-19/h3-18,23H,2H2,1H3/t23-,27+/m0/s1. The number of ether oxygens (including phenoxy) is 2. The van der Waals surface area contributed by atoms with Crippen LogP contribution in [0.3, 0.4) is 0 Å². The van der Waals surface area contributed by atoms with E-state index in [1.54, 1.807) is 18.0 Å². The van der Waals surface area contributed by atoms with E-state index in [0.717, 1.165) is 11.1 Å². The Balaban J connectivity index is 1.75. The number of hydrazone groups is 1. The Morgan fingerprint density at radius 3 is 2.21 bits per heavy atom. The van der Waals surface area contributed by atoms with Crippen molar-refractivity contribution < 1.29 is 19.1 Å². The molecule has 0 fully saturated rings. The molecular formula is C27H22N2O4. The van der Waals surface area contributed by atoms with Crippen LogP contribution in [0.15, 0.2) is 102 Å². The minimum absolute atomic E-state index is 0.161. The third-order valence-electron chi connectivity index (χ3n) is 5.83. The average molecular weight is 438 g/mol. The van der Waals surface area contributed by atoms with E-state index in [2.05, 4.69) is 5.10 Å². The second kappa shape index (κ2) is 8.39. The molecule has 0 saturated heterocycles. The molecule has 0 aliphatic carbocycles. The van der Waals surface area contributed by atoms with Gasteiger partial charge >= 0.3 is 11.9 Å². The first-order valence-corrected chi connectivity index (χ1v) is 10.8. The lowest BCUT2D eigenvalue weighted by molar-refractivity contribution is -0.139. The van der Waals surface area contributed by atoms with Gasteiger partial charge in [0, 0.05) is 5.56 Å². The molecule has 2 aliphatic heterocycles. The fourth-order valence-corrected chi connectivity index (χ4v) is 4.40. The molecule has 2 aliphatic rings. The number of esters is 2. The Labute approximate surface area is 191 Å². The van der Waals surface area contributed by atoms with Crippen molar-refractivity contribution in [3.8, 4) is 0 Å². The molecule has 0 N–H and O–H groups in total. The molecule has 2 heterocycles. The van der Waals surface area contributed by atoms with Crippen LogP contribution < -0.4 is 5.01 Å². The van der Waals surface area contributed by atoms with E-state index in [9.17, 15) is 9.59 Å². The number of hydrogen-bond donors (Lipinski definition) is 0. The van der Waals surface area contributed by atoms with Crippen molar-refractivity contribution in [1.29, 1.82) is 0 Å². The highest BCUT2D eigenvalue weighted by molar-refractivity contribution is 6.41. The number of rotatable bonds is 5. The van der Waals surface area contributed by atoms with E-state index in [1.165, 1.54) is 0 Å². The van der Waals surface area contributed by atoms with E-state index in [0.29, 0.717) is 11.4 Å². The summed E-state index contributed by atoms with van der Waals surface area (Å²) >= 11 is 0. The van der Waals surface area contributed by atoms with Crippen LogP contribution in [0.2, 0.25) is 0 Å². The number of anilines is 1. The first kappa shape index (κ1) is 20.7. The first-order valence-electron chi connectivity index (χ1n) is 10.8. The smallest absolute Gasteiger partial charge is 0.355 e. The van der Waals surface area contributed by atoms with Gasteiger partial charge < -0.3 is 9.47 Å². The van der Waals surface area contributed by atoms with Gasteiger partial charge in [0.25, 0.3) is 0 Å². The van der Waals surface area contributed by atoms with E-state index in [4.69, 9.17) is 9.47 Å². The molecule has 33 heavy (non-hydrogen) atoms. The first-order chi connectivity index (χ1) is 16.1. The van der Waals surface area contributed by atoms with Crippen LogP contribution >= 0.6 is 0 Å². The maximum atomic E-state index is 13.7. The summed E-state index contributed by atoms with van der Waals surface area (Å²) in [6.45, 7) is 1.94. The molecule has 5 rings (SSSR count). The van der Waals surface area contributed by atoms with Crippen LogP contribution in [0.4, 0.5) is 5.69 Å². The van der Waals surface area contributed by atoms with Crippen LogP contribution in [0.5, 0.6) is 0 Å². The Hall–Kier alpha value is -4.19. The molecule has 6 nitrogen and oxygen atoms in total. The quantitative estimate of drug-likeness (QED) is 0.547. The van der Waals surface area contributed by atoms with Crippen LogP contribution in [0, 0.1) is 0 Å². The number of cyclic esters (lactones) is 1. The number of hydrogen-bond acceptors (Lipinski definition) is 6. The molecule has 3 aromatic rings. The minimum Gasteiger partial charge on any atom is -0.461 e. The average Bonchev–Trinajstić information content (AvgIpc) is 3.39. The van der Waals surface area contributed by atoms with Gasteiger partial charge in [0.2, 0.25) is 0 Å². The zero-order chi connectivity index (χ0) is 22.8. The number of benzene rings is 3. The molecule has 0 radical (unpaired) electrons. The lowest BCUT2D eigenvalue weighted by Crippen LogP contribution is -2.51. The third-order valence-corrected chi connectivity index (χ3v) is 5.83. The summed E-state index contributed by atoms with van der Waals surface area (Å²) in [4.78, 5) is 26.8. The maximum absolute atomic E-state index is 13.7. The molecule has 0 aromatic heterocycles. The van der Waals surface area contributed by atoms with Gasteiger partial charge in [-0.3, -0.25) is 0 Å². The molecule has 164 valence electrons. The number of nitrogens with zero attached hydrogens (tertiary/aromatic N) is 2. The second-order valence-electron chi connectivity index (χ2n) is 7.79. The van der Waals surface area contributed by atoms with Crippen LogP contribution in [-0.4, -0.2) is 29.8 Å². The van der Waals surface area contributed by atoms with Crippen molar-refractivity contribution in [1.82, 2.24) is 0 Å². The van der Waals surface area contributed by atoms with Crippen LogP contribution in [0.25, 0.3) is 5.76 Å². The lowest BCUT2D eigenvalue weighted by Gasteiger charge is -2.33. The summed E-state index contributed by atoms with van der Waals surface area (Å²) in [7, 11) is 0. The molecule has 3 aromatic carbocycles. The zero-order valence-corrected chi connectivity index (χ0v) is 18.0. The SMILES string of the molecule is CCOC(=O)C1=NN(c2ccccc2)[C@]2(C=C(c3ccccc3)OC2=O)[C@H]1c1ccccc1. The molecule has 2 atom stereocenters. The molecule has 0 bridgehead atoms. The Morgan fingerprint density at radius 1 is 0.970 bits per heavy atom. The van der Waals surface area contributed by atoms with Crippen molar-refractivity contribution in [3.63, 3.8) is 0 Å². The normalized spacial score (nSPS) is 21.5. The van der Waals surface area contributed by atoms with E-state index in [-0.39, 0.29) is 12.3 Å². The fourth-order valence-electron chi connectivity index (χ4n) is 4.40. The van der Waals surface area contributed by atoms with Crippen LogP contribution in [-0.2, 0) is 19.1 Å². The highest BCUT2D eigenvalue weighted by Crippen LogP contribution is 2.49. The summed E-state index contributed by atoms with van der Waals surface area (Å²) in [5.41, 5.74) is 0.989. The highest BCUT2D eigenvalue weighted by Gasteiger charge is 2.62. The number of carbonyl (C=O) groups excluding carboxylic acids is 2. The summed E-state index contributed by atoms with van der Waals surface area (Å²) in [5.74, 6) is -1.34. The molecular weight excluding hydrogens is 416 g/mol. The molecule has 0 amide bonds. The topological polar surface area (TPSA) is 68.2 Å². The Kier molecular flexibility index (Phi) is 5.26. The zero-order valence-electron chi connectivity index (χ0n) is 18.0. The Bertz CT molecular complexity index is 1240. The highest BCUT2D eigenvalue weighted by atomic mass is 16.5. The molecule has 0 unspecified atom stereocenters. The number of para-hydroxylation sites is 1. The van der Waals surface area contributed by atoms with Gasteiger partial charge in [-0.25, -0.2) is 14.6 Å².